The van der Waals surface area contributed by atoms with Crippen molar-refractivity contribution in [3.63, 3.8) is 0 Å². The Morgan fingerprint density at radius 2 is 2.54 bits per heavy atom. The minimum atomic E-state index is -1.01. The maximum absolute atomic E-state index is 11.5. The summed E-state index contributed by atoms with van der Waals surface area (Å²) in [6.07, 6.45) is 1.15. The number of nitrogens with zero attached hydrogens (tertiary/aromatic N) is 2. The van der Waals surface area contributed by atoms with E-state index in [0.717, 1.165) is 5.69 Å². The van der Waals surface area contributed by atoms with Gasteiger partial charge in [-0.2, -0.15) is 5.26 Å². The van der Waals surface area contributed by atoms with E-state index in [4.69, 9.17) is 5.26 Å². The van der Waals surface area contributed by atoms with Crippen LogP contribution in [-0.4, -0.2) is 14.9 Å². The number of unbranched alkanes of at least 4 members (excludes halogenated alkanes) is 1. The molecule has 70 valence electrons. The third-order valence-corrected chi connectivity index (χ3v) is 4.15. The number of hydrogen-bond donors (Lipinski definition) is 0. The molecule has 1 aromatic rings. The van der Waals surface area contributed by atoms with Crippen molar-refractivity contribution in [2.45, 2.75) is 24.1 Å². The fraction of sp³-hybridized carbons (Fsp3) is 0.500. The number of aryl methyl sites for hydroxylation is 1. The van der Waals surface area contributed by atoms with Gasteiger partial charge < -0.3 is 0 Å². The lowest BCUT2D eigenvalue weighted by Gasteiger charge is -1.93. The van der Waals surface area contributed by atoms with Gasteiger partial charge in [0, 0.05) is 23.2 Å². The van der Waals surface area contributed by atoms with E-state index in [2.05, 4.69) is 4.98 Å². The van der Waals surface area contributed by atoms with Crippen molar-refractivity contribution >= 4 is 22.1 Å². The normalized spacial score (nSPS) is 12.3. The lowest BCUT2D eigenvalue weighted by molar-refractivity contribution is 0.680. The molecule has 0 aliphatic heterocycles. The minimum absolute atomic E-state index is 0.468. The minimum Gasteiger partial charge on any atom is -0.252 e. The molecule has 3 nitrogen and oxygen atoms in total. The Hall–Kier alpha value is -0.730. The Morgan fingerprint density at radius 3 is 3.08 bits per heavy atom. The molecule has 0 saturated heterocycles. The van der Waals surface area contributed by atoms with Crippen LogP contribution in [0.15, 0.2) is 9.72 Å². The van der Waals surface area contributed by atoms with E-state index in [0.29, 0.717) is 22.9 Å². The predicted molar refractivity (Wildman–Crippen MR) is 53.0 cm³/mol. The number of aromatic nitrogens is 1. The van der Waals surface area contributed by atoms with Crippen molar-refractivity contribution in [1.82, 2.24) is 4.98 Å². The first kappa shape index (κ1) is 10.4. The lowest BCUT2D eigenvalue weighted by atomic mass is 10.4. The van der Waals surface area contributed by atoms with E-state index in [-0.39, 0.29) is 0 Å². The molecule has 1 aromatic heterocycles. The smallest absolute Gasteiger partial charge is 0.180 e. The van der Waals surface area contributed by atoms with Gasteiger partial charge in [-0.3, -0.25) is 4.21 Å². The second-order valence-corrected chi connectivity index (χ2v) is 5.17. The van der Waals surface area contributed by atoms with E-state index in [1.807, 2.05) is 18.4 Å². The first-order chi connectivity index (χ1) is 6.24. The molecular formula is C8H10N2OS2. The molecule has 1 unspecified atom stereocenters. The van der Waals surface area contributed by atoms with Gasteiger partial charge in [-0.25, -0.2) is 4.98 Å². The fourth-order valence-electron chi connectivity index (χ4n) is 0.807. The molecule has 0 aliphatic rings. The maximum atomic E-state index is 11.5. The summed E-state index contributed by atoms with van der Waals surface area (Å²) < 4.78 is 12.2. The zero-order chi connectivity index (χ0) is 9.68. The summed E-state index contributed by atoms with van der Waals surface area (Å²) in [4.78, 5) is 4.12. The predicted octanol–water partition coefficient (Wildman–Crippen LogP) is 1.86. The standard InChI is InChI=1S/C8H10N2OS2/c1-7-6-12-8(10-7)13(11)5-3-2-4-9/h6H,2-3,5H2,1H3. The number of thiazole rings is 1. The van der Waals surface area contributed by atoms with Crippen LogP contribution < -0.4 is 0 Å². The zero-order valence-electron chi connectivity index (χ0n) is 7.32. The van der Waals surface area contributed by atoms with Gasteiger partial charge in [0.2, 0.25) is 0 Å². The first-order valence-electron chi connectivity index (χ1n) is 3.91. The molecule has 0 radical (unpaired) electrons. The first-order valence-corrected chi connectivity index (χ1v) is 6.11. The third kappa shape index (κ3) is 3.25. The van der Waals surface area contributed by atoms with Crippen molar-refractivity contribution in [2.75, 3.05) is 5.75 Å². The molecule has 0 amide bonds. The highest BCUT2D eigenvalue weighted by Crippen LogP contribution is 2.14. The fourth-order valence-corrected chi connectivity index (χ4v) is 2.98. The Labute approximate surface area is 83.9 Å². The molecular weight excluding hydrogens is 204 g/mol. The van der Waals surface area contributed by atoms with Crippen molar-refractivity contribution < 1.29 is 4.21 Å². The third-order valence-electron chi connectivity index (χ3n) is 1.41. The molecule has 1 rings (SSSR count). The molecule has 0 spiro atoms. The van der Waals surface area contributed by atoms with Gasteiger partial charge in [0.1, 0.15) is 0 Å². The zero-order valence-corrected chi connectivity index (χ0v) is 8.95. The molecule has 0 aromatic carbocycles. The Kier molecular flexibility index (Phi) is 4.06. The molecule has 5 heteroatoms. The van der Waals surface area contributed by atoms with E-state index in [9.17, 15) is 4.21 Å². The van der Waals surface area contributed by atoms with Crippen molar-refractivity contribution in [2.24, 2.45) is 0 Å². The van der Waals surface area contributed by atoms with Crippen LogP contribution in [-0.2, 0) is 10.8 Å². The summed E-state index contributed by atoms with van der Waals surface area (Å²) in [5, 5.41) is 10.2. The highest BCUT2D eigenvalue weighted by atomic mass is 32.2. The molecule has 0 N–H and O–H groups in total. The largest absolute Gasteiger partial charge is 0.252 e. The molecule has 0 saturated carbocycles. The summed E-state index contributed by atoms with van der Waals surface area (Å²) in [6, 6.07) is 2.03. The van der Waals surface area contributed by atoms with E-state index >= 15 is 0 Å². The van der Waals surface area contributed by atoms with Crippen LogP contribution in [0, 0.1) is 18.3 Å². The van der Waals surface area contributed by atoms with Crippen molar-refractivity contribution in [1.29, 1.82) is 5.26 Å². The summed E-state index contributed by atoms with van der Waals surface area (Å²) in [5.41, 5.74) is 0.911. The van der Waals surface area contributed by atoms with Gasteiger partial charge in [0.15, 0.2) is 4.34 Å². The second-order valence-electron chi connectivity index (χ2n) is 2.57. The number of nitriles is 1. The Bertz CT molecular complexity index is 340. The lowest BCUT2D eigenvalue weighted by Crippen LogP contribution is -1.97. The van der Waals surface area contributed by atoms with Crippen LogP contribution in [0.4, 0.5) is 0 Å². The number of rotatable bonds is 4. The second kappa shape index (κ2) is 5.10. The van der Waals surface area contributed by atoms with Crippen LogP contribution in [0.1, 0.15) is 18.5 Å². The van der Waals surface area contributed by atoms with Crippen LogP contribution in [0.5, 0.6) is 0 Å². The molecule has 13 heavy (non-hydrogen) atoms. The average Bonchev–Trinajstić information content (AvgIpc) is 2.52. The van der Waals surface area contributed by atoms with Crippen LogP contribution in [0.3, 0.4) is 0 Å². The molecule has 0 aliphatic carbocycles. The quantitative estimate of drug-likeness (QED) is 0.719. The van der Waals surface area contributed by atoms with Gasteiger partial charge in [0.25, 0.3) is 0 Å². The highest BCUT2D eigenvalue weighted by Gasteiger charge is 2.06. The highest BCUT2D eigenvalue weighted by molar-refractivity contribution is 7.87. The van der Waals surface area contributed by atoms with Gasteiger partial charge in [-0.1, -0.05) is 0 Å². The average molecular weight is 214 g/mol. The SMILES string of the molecule is Cc1csc(S(=O)CCCC#N)n1. The van der Waals surface area contributed by atoms with Gasteiger partial charge in [0.05, 0.1) is 16.9 Å². The molecule has 0 bridgehead atoms. The van der Waals surface area contributed by atoms with Crippen LogP contribution in [0.25, 0.3) is 0 Å². The molecule has 1 atom stereocenters. The summed E-state index contributed by atoms with van der Waals surface area (Å²) in [5.74, 6) is 0.542. The summed E-state index contributed by atoms with van der Waals surface area (Å²) in [7, 11) is -1.01. The maximum Gasteiger partial charge on any atom is 0.180 e. The summed E-state index contributed by atoms with van der Waals surface area (Å²) >= 11 is 1.42. The van der Waals surface area contributed by atoms with E-state index < -0.39 is 10.8 Å². The monoisotopic (exact) mass is 214 g/mol. The Balaban J connectivity index is 2.45. The molecule has 0 fully saturated rings. The van der Waals surface area contributed by atoms with Gasteiger partial charge in [-0.15, -0.1) is 11.3 Å². The van der Waals surface area contributed by atoms with Crippen LogP contribution >= 0.6 is 11.3 Å². The van der Waals surface area contributed by atoms with Gasteiger partial charge >= 0.3 is 0 Å². The van der Waals surface area contributed by atoms with Crippen LogP contribution in [0.2, 0.25) is 0 Å². The topological polar surface area (TPSA) is 53.8 Å². The molecule has 1 heterocycles. The van der Waals surface area contributed by atoms with E-state index in [1.165, 1.54) is 11.3 Å². The van der Waals surface area contributed by atoms with Crippen molar-refractivity contribution in [3.05, 3.63) is 11.1 Å². The summed E-state index contributed by atoms with van der Waals surface area (Å²) in [6.45, 7) is 1.88. The van der Waals surface area contributed by atoms with Gasteiger partial charge in [-0.05, 0) is 13.3 Å². The number of hydrogen-bond acceptors (Lipinski definition) is 4. The van der Waals surface area contributed by atoms with E-state index in [1.54, 1.807) is 0 Å². The van der Waals surface area contributed by atoms with Crippen molar-refractivity contribution in [3.8, 4) is 6.07 Å². The Morgan fingerprint density at radius 1 is 1.77 bits per heavy atom.